The summed E-state index contributed by atoms with van der Waals surface area (Å²) in [5, 5.41) is 4.81. The van der Waals surface area contributed by atoms with E-state index in [9.17, 15) is 0 Å². The lowest BCUT2D eigenvalue weighted by Gasteiger charge is -2.12. The predicted octanol–water partition coefficient (Wildman–Crippen LogP) is 15.4. The average molecular weight is 775 g/mol. The van der Waals surface area contributed by atoms with Gasteiger partial charge in [-0.25, -0.2) is 9.98 Å². The van der Waals surface area contributed by atoms with Crippen LogP contribution in [-0.4, -0.2) is 11.5 Å². The van der Waals surface area contributed by atoms with Crippen LogP contribution in [-0.2, 0) is 0 Å². The van der Waals surface area contributed by atoms with Gasteiger partial charge in [0.25, 0.3) is 0 Å². The number of allylic oxidation sites excluding steroid dienone is 1. The smallest absolute Gasteiger partial charge is 0.160 e. The van der Waals surface area contributed by atoms with Gasteiger partial charge in [-0.15, -0.1) is 11.3 Å². The molecule has 3 heterocycles. The molecular weight excluding hydrogens is 737 g/mol. The molecule has 280 valence electrons. The van der Waals surface area contributed by atoms with E-state index in [0.717, 1.165) is 86.0 Å². The van der Waals surface area contributed by atoms with Gasteiger partial charge in [0.05, 0.1) is 11.4 Å². The van der Waals surface area contributed by atoms with E-state index in [4.69, 9.17) is 14.4 Å². The van der Waals surface area contributed by atoms with Crippen LogP contribution in [0.5, 0.6) is 0 Å². The number of para-hydroxylation sites is 1. The van der Waals surface area contributed by atoms with E-state index in [1.54, 1.807) is 0 Å². The Kier molecular flexibility index (Phi) is 8.90. The van der Waals surface area contributed by atoms with Crippen molar-refractivity contribution in [3.05, 3.63) is 211 Å². The number of rotatable bonds is 6. The van der Waals surface area contributed by atoms with Gasteiger partial charge < -0.3 is 4.42 Å². The van der Waals surface area contributed by atoms with Crippen molar-refractivity contribution < 1.29 is 4.42 Å². The quantitative estimate of drug-likeness (QED) is 0.166. The number of amidine groups is 1. The van der Waals surface area contributed by atoms with Crippen molar-refractivity contribution in [3.8, 4) is 33.4 Å². The third-order valence-electron chi connectivity index (χ3n) is 11.4. The van der Waals surface area contributed by atoms with Crippen molar-refractivity contribution in [2.75, 3.05) is 0 Å². The van der Waals surface area contributed by atoms with Gasteiger partial charge in [0.15, 0.2) is 5.84 Å². The van der Waals surface area contributed by atoms with E-state index in [2.05, 4.69) is 188 Å². The minimum atomic E-state index is 0.696. The highest BCUT2D eigenvalue weighted by atomic mass is 32.1. The number of aliphatic imine (C=N–C) groups is 2. The molecule has 0 spiro atoms. The lowest BCUT2D eigenvalue weighted by Crippen LogP contribution is -2.07. The Bertz CT molecular complexity index is 3280. The molecular formula is C55H38N2OS. The molecule has 1 aliphatic rings. The fraction of sp³-hybridized carbons (Fsp3) is 0.0545. The van der Waals surface area contributed by atoms with Gasteiger partial charge in [0.1, 0.15) is 11.2 Å². The minimum Gasteiger partial charge on any atom is -0.456 e. The zero-order chi connectivity index (χ0) is 39.1. The Balaban J connectivity index is 1.07. The van der Waals surface area contributed by atoms with E-state index in [0.29, 0.717) is 5.84 Å². The molecule has 0 saturated heterocycles. The van der Waals surface area contributed by atoms with Crippen molar-refractivity contribution >= 4 is 70.7 Å². The summed E-state index contributed by atoms with van der Waals surface area (Å²) >= 11 is 1.85. The zero-order valence-electron chi connectivity index (χ0n) is 32.3. The summed E-state index contributed by atoms with van der Waals surface area (Å²) in [6.45, 7) is 0. The molecule has 0 N–H and O–H groups in total. The maximum absolute atomic E-state index is 6.66. The monoisotopic (exact) mass is 774 g/mol. The van der Waals surface area contributed by atoms with Crippen LogP contribution in [0.4, 0.5) is 0 Å². The Hall–Kier alpha value is -7.14. The Morgan fingerprint density at radius 2 is 1.07 bits per heavy atom. The van der Waals surface area contributed by atoms with E-state index in [1.165, 1.54) is 36.9 Å². The SMILES string of the molecule is C1=C(c2cc(-c3cccc(-c4ccc5sc6ccccc6c5c4)c3)c3c(c2)oc2ccccc23)/N=C(c2ccc(-c3ccccc3)cc2)\N=C(\c2ccccc2)CCC/1. The summed E-state index contributed by atoms with van der Waals surface area (Å²) in [6, 6.07) is 67.0. The highest BCUT2D eigenvalue weighted by Crippen LogP contribution is 2.42. The normalized spacial score (nSPS) is 16.2. The standard InChI is InChI=1S/C55H38N2OS/c1-3-14-36(15-4-1)37-26-28-39(29-27-37)55-56-48(38-16-5-2-6-17-38)22-9-10-23-49(57-55)43-34-46(54-45-21-7-11-24-50(45)58-51(54)35-43)42-19-13-18-40(32-42)41-30-31-53-47(33-41)44-20-8-12-25-52(44)59-53/h1-8,11-21,23-35H,9-10,22H2/b49-23+,56-48+,57-55-. The van der Waals surface area contributed by atoms with Crippen molar-refractivity contribution in [1.82, 2.24) is 0 Å². The lowest BCUT2D eigenvalue weighted by atomic mass is 9.93. The average Bonchev–Trinajstić information content (AvgIpc) is 3.90. The highest BCUT2D eigenvalue weighted by Gasteiger charge is 2.19. The number of fused-ring (bicyclic) bond motifs is 6. The van der Waals surface area contributed by atoms with E-state index in [1.807, 2.05) is 17.4 Å². The minimum absolute atomic E-state index is 0.696. The number of nitrogens with zero attached hydrogens (tertiary/aromatic N) is 2. The Labute approximate surface area is 347 Å². The molecule has 0 fully saturated rings. The molecule has 0 amide bonds. The van der Waals surface area contributed by atoms with Gasteiger partial charge in [-0.1, -0.05) is 152 Å². The molecule has 0 unspecified atom stereocenters. The second-order valence-electron chi connectivity index (χ2n) is 15.2. The Morgan fingerprint density at radius 1 is 0.424 bits per heavy atom. The highest BCUT2D eigenvalue weighted by molar-refractivity contribution is 7.25. The fourth-order valence-corrected chi connectivity index (χ4v) is 9.56. The van der Waals surface area contributed by atoms with Crippen molar-refractivity contribution in [2.24, 2.45) is 9.98 Å². The molecule has 59 heavy (non-hydrogen) atoms. The number of furan rings is 1. The fourth-order valence-electron chi connectivity index (χ4n) is 8.47. The maximum atomic E-state index is 6.66. The molecule has 0 atom stereocenters. The van der Waals surface area contributed by atoms with Crippen LogP contribution in [0.15, 0.2) is 209 Å². The molecule has 10 aromatic rings. The van der Waals surface area contributed by atoms with Gasteiger partial charge in [-0.3, -0.25) is 0 Å². The van der Waals surface area contributed by atoms with Gasteiger partial charge in [0.2, 0.25) is 0 Å². The molecule has 0 bridgehead atoms. The molecule has 0 aliphatic carbocycles. The first kappa shape index (κ1) is 35.1. The summed E-state index contributed by atoms with van der Waals surface area (Å²) in [5.74, 6) is 0.696. The van der Waals surface area contributed by atoms with E-state index >= 15 is 0 Å². The molecule has 1 aliphatic heterocycles. The van der Waals surface area contributed by atoms with Crippen molar-refractivity contribution in [1.29, 1.82) is 0 Å². The third kappa shape index (κ3) is 6.68. The number of hydrogen-bond acceptors (Lipinski definition) is 4. The van der Waals surface area contributed by atoms with Gasteiger partial charge >= 0.3 is 0 Å². The lowest BCUT2D eigenvalue weighted by molar-refractivity contribution is 0.669. The molecule has 0 saturated carbocycles. The van der Waals surface area contributed by atoms with E-state index in [-0.39, 0.29) is 0 Å². The summed E-state index contributed by atoms with van der Waals surface area (Å²) in [4.78, 5) is 10.8. The third-order valence-corrected chi connectivity index (χ3v) is 12.6. The first-order valence-corrected chi connectivity index (χ1v) is 21.1. The second-order valence-corrected chi connectivity index (χ2v) is 16.3. The summed E-state index contributed by atoms with van der Waals surface area (Å²) in [6.07, 6.45) is 4.96. The van der Waals surface area contributed by atoms with Crippen LogP contribution in [0.2, 0.25) is 0 Å². The van der Waals surface area contributed by atoms with Crippen LogP contribution < -0.4 is 0 Å². The van der Waals surface area contributed by atoms with Crippen molar-refractivity contribution in [2.45, 2.75) is 19.3 Å². The van der Waals surface area contributed by atoms with Crippen LogP contribution in [0.25, 0.3) is 81.2 Å². The van der Waals surface area contributed by atoms with Crippen LogP contribution >= 0.6 is 11.3 Å². The van der Waals surface area contributed by atoms with Crippen molar-refractivity contribution in [3.63, 3.8) is 0 Å². The summed E-state index contributed by atoms with van der Waals surface area (Å²) < 4.78 is 9.28. The van der Waals surface area contributed by atoms with Gasteiger partial charge in [-0.05, 0) is 101 Å². The van der Waals surface area contributed by atoms with E-state index < -0.39 is 0 Å². The van der Waals surface area contributed by atoms with Gasteiger partial charge in [0, 0.05) is 42.1 Å². The second kappa shape index (κ2) is 15.0. The van der Waals surface area contributed by atoms with Gasteiger partial charge in [-0.2, -0.15) is 0 Å². The summed E-state index contributed by atoms with van der Waals surface area (Å²) in [7, 11) is 0. The molecule has 8 aromatic carbocycles. The first-order valence-electron chi connectivity index (χ1n) is 20.3. The largest absolute Gasteiger partial charge is 0.456 e. The molecule has 2 aromatic heterocycles. The molecule has 3 nitrogen and oxygen atoms in total. The maximum Gasteiger partial charge on any atom is 0.160 e. The number of hydrogen-bond donors (Lipinski definition) is 0. The molecule has 4 heteroatoms. The topological polar surface area (TPSA) is 37.9 Å². The number of benzene rings is 8. The van der Waals surface area contributed by atoms with Crippen LogP contribution in [0.3, 0.4) is 0 Å². The Morgan fingerprint density at radius 3 is 1.92 bits per heavy atom. The predicted molar refractivity (Wildman–Crippen MR) is 251 cm³/mol. The van der Waals surface area contributed by atoms with Crippen LogP contribution in [0.1, 0.15) is 36.0 Å². The number of thiophene rings is 1. The molecule has 11 rings (SSSR count). The molecule has 0 radical (unpaired) electrons. The van der Waals surface area contributed by atoms with Crippen LogP contribution in [0, 0.1) is 0 Å². The summed E-state index contributed by atoms with van der Waals surface area (Å²) in [5.41, 5.74) is 13.7. The zero-order valence-corrected chi connectivity index (χ0v) is 33.1. The first-order chi connectivity index (χ1) is 29.2.